The molecule has 1 N–H and O–H groups in total. The third kappa shape index (κ3) is 2.35. The van der Waals surface area contributed by atoms with E-state index in [1.54, 1.807) is 11.3 Å². The van der Waals surface area contributed by atoms with Crippen LogP contribution in [0, 0.1) is 5.92 Å². The number of anilines is 1. The average molecular weight is 291 g/mol. The molecule has 0 spiro atoms. The van der Waals surface area contributed by atoms with Crippen LogP contribution in [-0.2, 0) is 11.2 Å². The van der Waals surface area contributed by atoms with Crippen molar-refractivity contribution >= 4 is 33.3 Å². The SMILES string of the molecule is CCc1nc(N2CCCC(C(=O)O)C2)c2ccsc2n1. The van der Waals surface area contributed by atoms with E-state index in [1.165, 1.54) is 0 Å². The zero-order chi connectivity index (χ0) is 14.1. The van der Waals surface area contributed by atoms with E-state index in [-0.39, 0.29) is 5.92 Å². The van der Waals surface area contributed by atoms with Gasteiger partial charge in [-0.1, -0.05) is 6.92 Å². The Hall–Kier alpha value is -1.69. The number of nitrogens with zero attached hydrogens (tertiary/aromatic N) is 3. The Bertz CT molecular complexity index is 640. The van der Waals surface area contributed by atoms with Crippen LogP contribution >= 0.6 is 11.3 Å². The lowest BCUT2D eigenvalue weighted by Crippen LogP contribution is -2.39. The minimum Gasteiger partial charge on any atom is -0.481 e. The van der Waals surface area contributed by atoms with Crippen molar-refractivity contribution < 1.29 is 9.90 Å². The molecule has 5 nitrogen and oxygen atoms in total. The molecule has 3 heterocycles. The first-order valence-corrected chi connectivity index (χ1v) is 7.79. The Morgan fingerprint density at radius 2 is 2.40 bits per heavy atom. The summed E-state index contributed by atoms with van der Waals surface area (Å²) in [6, 6.07) is 2.03. The van der Waals surface area contributed by atoms with Gasteiger partial charge in [-0.3, -0.25) is 4.79 Å². The monoisotopic (exact) mass is 291 g/mol. The molecular formula is C14H17N3O2S. The molecule has 20 heavy (non-hydrogen) atoms. The Morgan fingerprint density at radius 3 is 3.15 bits per heavy atom. The van der Waals surface area contributed by atoms with Crippen LogP contribution in [0.5, 0.6) is 0 Å². The van der Waals surface area contributed by atoms with Crippen molar-refractivity contribution in [3.8, 4) is 0 Å². The maximum absolute atomic E-state index is 11.2. The summed E-state index contributed by atoms with van der Waals surface area (Å²) in [7, 11) is 0. The second kappa shape index (κ2) is 5.36. The van der Waals surface area contributed by atoms with E-state index in [4.69, 9.17) is 0 Å². The highest BCUT2D eigenvalue weighted by atomic mass is 32.1. The smallest absolute Gasteiger partial charge is 0.308 e. The third-order valence-corrected chi connectivity index (χ3v) is 4.54. The Morgan fingerprint density at radius 1 is 1.55 bits per heavy atom. The molecule has 2 aromatic rings. The molecule has 2 aromatic heterocycles. The van der Waals surface area contributed by atoms with E-state index in [0.29, 0.717) is 6.54 Å². The molecule has 1 atom stereocenters. The number of aliphatic carboxylic acids is 1. The average Bonchev–Trinajstić information content (AvgIpc) is 2.94. The number of hydrogen-bond donors (Lipinski definition) is 1. The first kappa shape index (κ1) is 13.3. The largest absolute Gasteiger partial charge is 0.481 e. The molecule has 1 saturated heterocycles. The molecule has 0 amide bonds. The van der Waals surface area contributed by atoms with Crippen LogP contribution in [0.25, 0.3) is 10.2 Å². The maximum Gasteiger partial charge on any atom is 0.308 e. The van der Waals surface area contributed by atoms with Gasteiger partial charge in [-0.2, -0.15) is 0 Å². The standard InChI is InChI=1S/C14H17N3O2S/c1-2-11-15-12(10-5-7-20-13(10)16-11)17-6-3-4-9(8-17)14(18)19/h5,7,9H,2-4,6,8H2,1H3,(H,18,19). The number of carboxylic acids is 1. The number of thiophene rings is 1. The van der Waals surface area contributed by atoms with Crippen molar-refractivity contribution in [1.82, 2.24) is 9.97 Å². The lowest BCUT2D eigenvalue weighted by atomic mass is 9.98. The topological polar surface area (TPSA) is 66.3 Å². The van der Waals surface area contributed by atoms with E-state index in [0.717, 1.165) is 47.7 Å². The molecule has 0 aliphatic carbocycles. The Labute approximate surface area is 121 Å². The molecule has 0 aromatic carbocycles. The second-order valence-corrected chi connectivity index (χ2v) is 5.97. The van der Waals surface area contributed by atoms with Crippen LogP contribution < -0.4 is 4.90 Å². The Kier molecular flexibility index (Phi) is 3.56. The summed E-state index contributed by atoms with van der Waals surface area (Å²) in [6.45, 7) is 3.45. The van der Waals surface area contributed by atoms with Gasteiger partial charge in [-0.05, 0) is 24.3 Å². The second-order valence-electron chi connectivity index (χ2n) is 5.08. The number of carboxylic acid groups (broad SMARTS) is 1. The molecule has 1 aliphatic rings. The summed E-state index contributed by atoms with van der Waals surface area (Å²) >= 11 is 1.61. The molecule has 1 fully saturated rings. The molecule has 106 valence electrons. The minimum atomic E-state index is -0.707. The van der Waals surface area contributed by atoms with Crippen molar-refractivity contribution in [1.29, 1.82) is 0 Å². The predicted octanol–water partition coefficient (Wildman–Crippen LogP) is 2.55. The number of rotatable bonds is 3. The number of aryl methyl sites for hydroxylation is 1. The fourth-order valence-electron chi connectivity index (χ4n) is 2.65. The van der Waals surface area contributed by atoms with Crippen LogP contribution in [0.3, 0.4) is 0 Å². The quantitative estimate of drug-likeness (QED) is 0.941. The van der Waals surface area contributed by atoms with Crippen LogP contribution in [0.15, 0.2) is 11.4 Å². The van der Waals surface area contributed by atoms with Gasteiger partial charge in [0.25, 0.3) is 0 Å². The van der Waals surface area contributed by atoms with Crippen molar-refractivity contribution in [2.24, 2.45) is 5.92 Å². The molecule has 0 radical (unpaired) electrons. The first-order chi connectivity index (χ1) is 9.69. The molecule has 0 bridgehead atoms. The zero-order valence-corrected chi connectivity index (χ0v) is 12.2. The van der Waals surface area contributed by atoms with Crippen LogP contribution in [0.4, 0.5) is 5.82 Å². The van der Waals surface area contributed by atoms with E-state index in [2.05, 4.69) is 14.9 Å². The molecule has 0 saturated carbocycles. The van der Waals surface area contributed by atoms with Gasteiger partial charge < -0.3 is 10.0 Å². The number of aromatic nitrogens is 2. The normalized spacial score (nSPS) is 19.4. The van der Waals surface area contributed by atoms with Gasteiger partial charge in [0.15, 0.2) is 0 Å². The summed E-state index contributed by atoms with van der Waals surface area (Å²) in [6.07, 6.45) is 2.44. The highest BCUT2D eigenvalue weighted by Crippen LogP contribution is 2.30. The summed E-state index contributed by atoms with van der Waals surface area (Å²) < 4.78 is 0. The molecular weight excluding hydrogens is 274 g/mol. The van der Waals surface area contributed by atoms with Crippen molar-refractivity contribution in [2.45, 2.75) is 26.2 Å². The number of fused-ring (bicyclic) bond motifs is 1. The third-order valence-electron chi connectivity index (χ3n) is 3.74. The molecule has 1 unspecified atom stereocenters. The molecule has 6 heteroatoms. The summed E-state index contributed by atoms with van der Waals surface area (Å²) in [4.78, 5) is 23.5. The maximum atomic E-state index is 11.2. The minimum absolute atomic E-state index is 0.294. The molecule has 1 aliphatic heterocycles. The first-order valence-electron chi connectivity index (χ1n) is 6.91. The van der Waals surface area contributed by atoms with Gasteiger partial charge in [0, 0.05) is 19.5 Å². The lowest BCUT2D eigenvalue weighted by molar-refractivity contribution is -0.141. The fraction of sp³-hybridized carbons (Fsp3) is 0.500. The van der Waals surface area contributed by atoms with Crippen LogP contribution in [0.1, 0.15) is 25.6 Å². The van der Waals surface area contributed by atoms with E-state index in [9.17, 15) is 9.90 Å². The van der Waals surface area contributed by atoms with Gasteiger partial charge in [0.2, 0.25) is 0 Å². The van der Waals surface area contributed by atoms with E-state index in [1.807, 2.05) is 18.4 Å². The number of carbonyl (C=O) groups is 1. The summed E-state index contributed by atoms with van der Waals surface area (Å²) in [5.41, 5.74) is 0. The van der Waals surface area contributed by atoms with Crippen molar-refractivity contribution in [3.05, 3.63) is 17.3 Å². The van der Waals surface area contributed by atoms with Gasteiger partial charge in [-0.25, -0.2) is 9.97 Å². The summed E-state index contributed by atoms with van der Waals surface area (Å²) in [5, 5.41) is 12.3. The highest BCUT2D eigenvalue weighted by Gasteiger charge is 2.27. The lowest BCUT2D eigenvalue weighted by Gasteiger charge is -2.32. The van der Waals surface area contributed by atoms with Crippen LogP contribution in [-0.4, -0.2) is 34.1 Å². The van der Waals surface area contributed by atoms with Gasteiger partial charge >= 0.3 is 5.97 Å². The van der Waals surface area contributed by atoms with E-state index < -0.39 is 5.97 Å². The van der Waals surface area contributed by atoms with Gasteiger partial charge in [0.05, 0.1) is 11.3 Å². The highest BCUT2D eigenvalue weighted by molar-refractivity contribution is 7.16. The Balaban J connectivity index is 2.00. The van der Waals surface area contributed by atoms with Crippen LogP contribution in [0.2, 0.25) is 0 Å². The van der Waals surface area contributed by atoms with Gasteiger partial charge in [-0.15, -0.1) is 11.3 Å². The molecule has 3 rings (SSSR count). The number of hydrogen-bond acceptors (Lipinski definition) is 5. The predicted molar refractivity (Wildman–Crippen MR) is 79.4 cm³/mol. The fourth-order valence-corrected chi connectivity index (χ4v) is 3.43. The van der Waals surface area contributed by atoms with E-state index >= 15 is 0 Å². The van der Waals surface area contributed by atoms with Crippen molar-refractivity contribution in [2.75, 3.05) is 18.0 Å². The number of piperidine rings is 1. The van der Waals surface area contributed by atoms with Crippen molar-refractivity contribution in [3.63, 3.8) is 0 Å². The zero-order valence-electron chi connectivity index (χ0n) is 11.4. The summed E-state index contributed by atoms with van der Waals surface area (Å²) in [5.74, 6) is 0.727. The van der Waals surface area contributed by atoms with Gasteiger partial charge in [0.1, 0.15) is 16.5 Å².